The normalized spacial score (nSPS) is 19.8. The molecule has 0 unspecified atom stereocenters. The van der Waals surface area contributed by atoms with E-state index in [2.05, 4.69) is 15.5 Å². The molecule has 3 rings (SSSR count). The van der Waals surface area contributed by atoms with Gasteiger partial charge in [-0.2, -0.15) is 11.8 Å². The molecule has 0 aromatic heterocycles. The molecule has 1 saturated carbocycles. The molecule has 142 valence electrons. The topological polar surface area (TPSA) is 81.7 Å². The molecule has 6 nitrogen and oxygen atoms in total. The molecule has 0 bridgehead atoms. The second-order valence-corrected chi connectivity index (χ2v) is 8.29. The molecular formula is C19H27N3O3S. The van der Waals surface area contributed by atoms with Crippen molar-refractivity contribution in [3.05, 3.63) is 35.4 Å². The monoisotopic (exact) mass is 377 g/mol. The number of carbonyl (C=O) groups excluding carboxylic acids is 1. The molecule has 1 aromatic rings. The molecule has 1 aliphatic carbocycles. The van der Waals surface area contributed by atoms with Crippen molar-refractivity contribution < 1.29 is 14.7 Å². The minimum atomic E-state index is -0.944. The Morgan fingerprint density at radius 1 is 1.08 bits per heavy atom. The average molecular weight is 378 g/mol. The SMILES string of the molecule is O=C(NCc1ccc(C(=O)O)cc1)NCC1(N2CCSCC2)CCCC1. The summed E-state index contributed by atoms with van der Waals surface area (Å²) < 4.78 is 0. The Bertz CT molecular complexity index is 623. The number of hydrogen-bond acceptors (Lipinski definition) is 4. The van der Waals surface area contributed by atoms with Crippen molar-refractivity contribution in [2.45, 2.75) is 37.8 Å². The third-order valence-electron chi connectivity index (χ3n) is 5.45. The van der Waals surface area contributed by atoms with Crippen LogP contribution in [0, 0.1) is 0 Å². The van der Waals surface area contributed by atoms with Gasteiger partial charge in [0.25, 0.3) is 0 Å². The van der Waals surface area contributed by atoms with Crippen LogP contribution in [0.1, 0.15) is 41.6 Å². The second-order valence-electron chi connectivity index (χ2n) is 7.07. The van der Waals surface area contributed by atoms with E-state index in [0.717, 1.165) is 31.5 Å². The van der Waals surface area contributed by atoms with Gasteiger partial charge in [0.2, 0.25) is 0 Å². The Labute approximate surface area is 158 Å². The van der Waals surface area contributed by atoms with Crippen LogP contribution in [-0.4, -0.2) is 58.7 Å². The zero-order chi connectivity index (χ0) is 18.4. The van der Waals surface area contributed by atoms with Gasteiger partial charge >= 0.3 is 12.0 Å². The highest BCUT2D eigenvalue weighted by molar-refractivity contribution is 7.99. The Morgan fingerprint density at radius 2 is 1.73 bits per heavy atom. The van der Waals surface area contributed by atoms with Crippen LogP contribution >= 0.6 is 11.8 Å². The van der Waals surface area contributed by atoms with Gasteiger partial charge in [0.05, 0.1) is 5.56 Å². The van der Waals surface area contributed by atoms with Crippen molar-refractivity contribution in [2.75, 3.05) is 31.1 Å². The largest absolute Gasteiger partial charge is 0.478 e. The van der Waals surface area contributed by atoms with Gasteiger partial charge in [-0.25, -0.2) is 9.59 Å². The predicted octanol–water partition coefficient (Wildman–Crippen LogP) is 2.55. The van der Waals surface area contributed by atoms with Crippen molar-refractivity contribution in [1.29, 1.82) is 0 Å². The van der Waals surface area contributed by atoms with Crippen molar-refractivity contribution >= 4 is 23.8 Å². The van der Waals surface area contributed by atoms with E-state index in [-0.39, 0.29) is 17.1 Å². The molecule has 0 radical (unpaired) electrons. The summed E-state index contributed by atoms with van der Waals surface area (Å²) in [5.74, 6) is 1.42. The van der Waals surface area contributed by atoms with Crippen LogP contribution in [0.2, 0.25) is 0 Å². The maximum atomic E-state index is 12.2. The standard InChI is InChI=1S/C19H27N3O3S/c23-17(24)16-5-3-15(4-6-16)13-20-18(25)21-14-19(7-1-2-8-19)22-9-11-26-12-10-22/h3-6H,1-2,7-14H2,(H,23,24)(H2,20,21,25). The van der Waals surface area contributed by atoms with E-state index in [1.807, 2.05) is 11.8 Å². The van der Waals surface area contributed by atoms with E-state index in [4.69, 9.17) is 5.11 Å². The van der Waals surface area contributed by atoms with E-state index < -0.39 is 5.97 Å². The van der Waals surface area contributed by atoms with Gasteiger partial charge in [-0.1, -0.05) is 25.0 Å². The van der Waals surface area contributed by atoms with E-state index >= 15 is 0 Å². The minimum Gasteiger partial charge on any atom is -0.478 e. The first-order valence-corrected chi connectivity index (χ1v) is 10.4. The molecule has 1 heterocycles. The number of hydrogen-bond donors (Lipinski definition) is 3. The lowest BCUT2D eigenvalue weighted by atomic mass is 9.94. The number of nitrogens with zero attached hydrogens (tertiary/aromatic N) is 1. The number of benzene rings is 1. The van der Waals surface area contributed by atoms with Crippen molar-refractivity contribution in [3.63, 3.8) is 0 Å². The number of carbonyl (C=O) groups is 2. The van der Waals surface area contributed by atoms with Gasteiger partial charge in [0.15, 0.2) is 0 Å². The van der Waals surface area contributed by atoms with Crippen LogP contribution in [0.5, 0.6) is 0 Å². The van der Waals surface area contributed by atoms with E-state index in [1.165, 1.54) is 24.3 Å². The highest BCUT2D eigenvalue weighted by Crippen LogP contribution is 2.36. The molecule has 3 N–H and O–H groups in total. The van der Waals surface area contributed by atoms with E-state index in [1.54, 1.807) is 24.3 Å². The first-order valence-electron chi connectivity index (χ1n) is 9.26. The van der Waals surface area contributed by atoms with Crippen LogP contribution in [0.15, 0.2) is 24.3 Å². The number of carboxylic acids is 1. The smallest absolute Gasteiger partial charge is 0.335 e. The molecule has 1 aliphatic heterocycles. The van der Waals surface area contributed by atoms with Gasteiger partial charge in [-0.05, 0) is 30.5 Å². The summed E-state index contributed by atoms with van der Waals surface area (Å²) in [6, 6.07) is 6.41. The summed E-state index contributed by atoms with van der Waals surface area (Å²) in [6.07, 6.45) is 4.80. The maximum Gasteiger partial charge on any atom is 0.335 e. The van der Waals surface area contributed by atoms with Crippen molar-refractivity contribution in [3.8, 4) is 0 Å². The van der Waals surface area contributed by atoms with Crippen LogP contribution in [0.4, 0.5) is 4.79 Å². The van der Waals surface area contributed by atoms with Gasteiger partial charge in [0.1, 0.15) is 0 Å². The fraction of sp³-hybridized carbons (Fsp3) is 0.579. The summed E-state index contributed by atoms with van der Waals surface area (Å²) in [5, 5.41) is 14.9. The summed E-state index contributed by atoms with van der Waals surface area (Å²) >= 11 is 2.01. The second kappa shape index (κ2) is 8.77. The zero-order valence-corrected chi connectivity index (χ0v) is 15.8. The summed E-state index contributed by atoms with van der Waals surface area (Å²) in [6.45, 7) is 3.31. The highest BCUT2D eigenvalue weighted by Gasteiger charge is 2.40. The van der Waals surface area contributed by atoms with Gasteiger partial charge in [-0.15, -0.1) is 0 Å². The molecule has 0 atom stereocenters. The number of rotatable bonds is 6. The van der Waals surface area contributed by atoms with Crippen LogP contribution < -0.4 is 10.6 Å². The van der Waals surface area contributed by atoms with Crippen molar-refractivity contribution in [1.82, 2.24) is 15.5 Å². The predicted molar refractivity (Wildman–Crippen MR) is 104 cm³/mol. The number of aromatic carboxylic acids is 1. The molecule has 2 amide bonds. The first kappa shape index (κ1) is 19.0. The fourth-order valence-electron chi connectivity index (χ4n) is 3.93. The molecule has 7 heteroatoms. The number of thioether (sulfide) groups is 1. The minimum absolute atomic E-state index is 0.126. The zero-order valence-electron chi connectivity index (χ0n) is 15.0. The van der Waals surface area contributed by atoms with Crippen LogP contribution in [-0.2, 0) is 6.54 Å². The third-order valence-corrected chi connectivity index (χ3v) is 6.39. The molecule has 2 aliphatic rings. The van der Waals surface area contributed by atoms with Crippen LogP contribution in [0.25, 0.3) is 0 Å². The Balaban J connectivity index is 1.48. The Hall–Kier alpha value is -1.73. The third kappa shape index (κ3) is 4.71. The summed E-state index contributed by atoms with van der Waals surface area (Å²) in [4.78, 5) is 25.7. The number of nitrogens with one attached hydrogen (secondary N) is 2. The molecule has 2 fully saturated rings. The molecular weight excluding hydrogens is 350 g/mol. The molecule has 1 aromatic carbocycles. The van der Waals surface area contributed by atoms with Crippen LogP contribution in [0.3, 0.4) is 0 Å². The van der Waals surface area contributed by atoms with E-state index in [0.29, 0.717) is 13.1 Å². The fourth-order valence-corrected chi connectivity index (χ4v) is 4.83. The number of amides is 2. The summed E-state index contributed by atoms with van der Waals surface area (Å²) in [5.41, 5.74) is 1.26. The number of carboxylic acid groups (broad SMARTS) is 1. The maximum absolute atomic E-state index is 12.2. The lowest BCUT2D eigenvalue weighted by Gasteiger charge is -2.43. The Morgan fingerprint density at radius 3 is 2.35 bits per heavy atom. The Kier molecular flexibility index (Phi) is 6.43. The van der Waals surface area contributed by atoms with Gasteiger partial charge < -0.3 is 15.7 Å². The van der Waals surface area contributed by atoms with E-state index in [9.17, 15) is 9.59 Å². The number of urea groups is 1. The average Bonchev–Trinajstić information content (AvgIpc) is 3.16. The lowest BCUT2D eigenvalue weighted by molar-refractivity contribution is 0.0697. The molecule has 1 saturated heterocycles. The first-order chi connectivity index (χ1) is 12.6. The highest BCUT2D eigenvalue weighted by atomic mass is 32.2. The lowest BCUT2D eigenvalue weighted by Crippen LogP contribution is -2.57. The van der Waals surface area contributed by atoms with Crippen molar-refractivity contribution in [2.24, 2.45) is 0 Å². The molecule has 26 heavy (non-hydrogen) atoms. The summed E-state index contributed by atoms with van der Waals surface area (Å²) in [7, 11) is 0. The quantitative estimate of drug-likeness (QED) is 0.710. The van der Waals surface area contributed by atoms with Gasteiger partial charge in [-0.3, -0.25) is 4.90 Å². The molecule has 0 spiro atoms. The van der Waals surface area contributed by atoms with Gasteiger partial charge in [0, 0.05) is 43.2 Å².